The minimum Gasteiger partial charge on any atom is -0.352 e. The number of likely N-dealkylation sites (tertiary alicyclic amines) is 1. The molecule has 2 aromatic rings. The van der Waals surface area contributed by atoms with Gasteiger partial charge in [-0.1, -0.05) is 25.1 Å². The molecule has 0 radical (unpaired) electrons. The Labute approximate surface area is 190 Å². The molecule has 0 spiro atoms. The lowest BCUT2D eigenvalue weighted by Crippen LogP contribution is -2.44. The maximum absolute atomic E-state index is 11.9. The summed E-state index contributed by atoms with van der Waals surface area (Å²) < 4.78 is 1.98. The Morgan fingerprint density at radius 2 is 2.07 bits per heavy atom. The van der Waals surface area contributed by atoms with Crippen molar-refractivity contribution < 1.29 is 4.79 Å². The van der Waals surface area contributed by atoms with Crippen LogP contribution in [0.4, 0.5) is 0 Å². The van der Waals surface area contributed by atoms with Crippen molar-refractivity contribution in [2.75, 3.05) is 20.1 Å². The van der Waals surface area contributed by atoms with E-state index in [1.807, 2.05) is 35.6 Å². The smallest absolute Gasteiger partial charge is 0.222 e. The number of aliphatic imine (C=N–C) groups is 1. The molecule has 2 heterocycles. The van der Waals surface area contributed by atoms with Crippen molar-refractivity contribution in [2.24, 2.45) is 4.99 Å². The molecule has 1 aliphatic heterocycles. The van der Waals surface area contributed by atoms with E-state index in [1.165, 1.54) is 0 Å². The van der Waals surface area contributed by atoms with Crippen LogP contribution in [0, 0.1) is 13.8 Å². The summed E-state index contributed by atoms with van der Waals surface area (Å²) in [6, 6.07) is 10.6. The number of guanidine groups is 1. The lowest BCUT2D eigenvalue weighted by molar-refractivity contribution is -0.129. The Bertz CT molecular complexity index is 863. The van der Waals surface area contributed by atoms with Gasteiger partial charge in [0.05, 0.1) is 11.4 Å². The zero-order chi connectivity index (χ0) is 20.1. The van der Waals surface area contributed by atoms with Crippen LogP contribution in [-0.2, 0) is 11.3 Å². The van der Waals surface area contributed by atoms with E-state index in [-0.39, 0.29) is 35.9 Å². The van der Waals surface area contributed by atoms with E-state index in [0.29, 0.717) is 13.0 Å². The van der Waals surface area contributed by atoms with Gasteiger partial charge < -0.3 is 15.5 Å². The van der Waals surface area contributed by atoms with E-state index < -0.39 is 0 Å². The van der Waals surface area contributed by atoms with Gasteiger partial charge in [0.1, 0.15) is 0 Å². The van der Waals surface area contributed by atoms with Gasteiger partial charge >= 0.3 is 0 Å². The second kappa shape index (κ2) is 10.6. The van der Waals surface area contributed by atoms with Gasteiger partial charge in [-0.15, -0.1) is 24.0 Å². The van der Waals surface area contributed by atoms with E-state index in [2.05, 4.69) is 45.8 Å². The van der Waals surface area contributed by atoms with E-state index in [0.717, 1.165) is 48.1 Å². The van der Waals surface area contributed by atoms with Crippen LogP contribution < -0.4 is 10.6 Å². The molecule has 0 bridgehead atoms. The predicted octanol–water partition coefficient (Wildman–Crippen LogP) is 2.78. The number of carbonyl (C=O) groups is 1. The summed E-state index contributed by atoms with van der Waals surface area (Å²) in [4.78, 5) is 18.1. The minimum atomic E-state index is 0. The Morgan fingerprint density at radius 3 is 2.72 bits per heavy atom. The van der Waals surface area contributed by atoms with Gasteiger partial charge in [0, 0.05) is 44.8 Å². The molecule has 1 unspecified atom stereocenters. The van der Waals surface area contributed by atoms with E-state index in [1.54, 1.807) is 7.05 Å². The summed E-state index contributed by atoms with van der Waals surface area (Å²) in [6.07, 6.45) is 1.50. The third kappa shape index (κ3) is 5.71. The number of nitrogens with zero attached hydrogens (tertiary/aromatic N) is 4. The third-order valence-electron chi connectivity index (χ3n) is 5.08. The van der Waals surface area contributed by atoms with E-state index in [9.17, 15) is 4.79 Å². The van der Waals surface area contributed by atoms with Crippen LogP contribution in [0.1, 0.15) is 36.7 Å². The maximum atomic E-state index is 11.9. The number of rotatable bonds is 5. The van der Waals surface area contributed by atoms with Gasteiger partial charge in [-0.2, -0.15) is 5.10 Å². The number of nitrogens with one attached hydrogen (secondary N) is 2. The molecule has 0 aliphatic carbocycles. The molecule has 7 nitrogen and oxygen atoms in total. The molecule has 1 aromatic carbocycles. The van der Waals surface area contributed by atoms with Gasteiger partial charge in [-0.25, -0.2) is 4.68 Å². The first-order valence-electron chi connectivity index (χ1n) is 9.88. The number of carbonyl (C=O) groups excluding carboxylic acids is 1. The molecule has 1 atom stereocenters. The number of hydrogen-bond donors (Lipinski definition) is 2. The van der Waals surface area contributed by atoms with Crippen molar-refractivity contribution >= 4 is 35.8 Å². The highest BCUT2D eigenvalue weighted by Crippen LogP contribution is 2.17. The molecule has 1 saturated heterocycles. The molecule has 1 aromatic heterocycles. The standard InChI is InChI=1S/C21H30N6O.HI/c1-5-20(28)26-11-10-18(14-26)24-21(22-4)23-13-17-8-6-7-9-19(17)27-16(3)12-15(2)25-27;/h6-9,12,18H,5,10-11,13-14H2,1-4H3,(H2,22,23,24);1H. The van der Waals surface area contributed by atoms with Gasteiger partial charge in [0.25, 0.3) is 0 Å². The summed E-state index contributed by atoms with van der Waals surface area (Å²) in [5.41, 5.74) is 4.33. The largest absolute Gasteiger partial charge is 0.352 e. The van der Waals surface area contributed by atoms with Gasteiger partial charge in [-0.05, 0) is 38.0 Å². The van der Waals surface area contributed by atoms with Crippen LogP contribution in [0.3, 0.4) is 0 Å². The molecule has 3 rings (SSSR count). The molecule has 2 N–H and O–H groups in total. The quantitative estimate of drug-likeness (QED) is 0.369. The van der Waals surface area contributed by atoms with E-state index >= 15 is 0 Å². The molecular weight excluding hydrogens is 479 g/mol. The summed E-state index contributed by atoms with van der Waals surface area (Å²) in [7, 11) is 1.77. The van der Waals surface area contributed by atoms with Crippen LogP contribution in [-0.4, -0.2) is 52.7 Å². The zero-order valence-corrected chi connectivity index (χ0v) is 19.9. The molecule has 8 heteroatoms. The fourth-order valence-corrected chi connectivity index (χ4v) is 3.63. The zero-order valence-electron chi connectivity index (χ0n) is 17.6. The average molecular weight is 510 g/mol. The minimum absolute atomic E-state index is 0. The summed E-state index contributed by atoms with van der Waals surface area (Å²) in [6.45, 7) is 8.15. The van der Waals surface area contributed by atoms with Crippen LogP contribution in [0.2, 0.25) is 0 Å². The number of aromatic nitrogens is 2. The summed E-state index contributed by atoms with van der Waals surface area (Å²) in [5.74, 6) is 0.963. The molecule has 1 aliphatic rings. The number of amides is 1. The second-order valence-electron chi connectivity index (χ2n) is 7.22. The molecule has 0 saturated carbocycles. The highest BCUT2D eigenvalue weighted by molar-refractivity contribution is 14.0. The number of benzene rings is 1. The van der Waals surface area contributed by atoms with Crippen molar-refractivity contribution in [1.82, 2.24) is 25.3 Å². The third-order valence-corrected chi connectivity index (χ3v) is 5.08. The normalized spacial score (nSPS) is 16.5. The molecule has 158 valence electrons. The van der Waals surface area contributed by atoms with Crippen molar-refractivity contribution in [3.05, 3.63) is 47.3 Å². The lowest BCUT2D eigenvalue weighted by Gasteiger charge is -2.19. The fourth-order valence-electron chi connectivity index (χ4n) is 3.63. The van der Waals surface area contributed by atoms with Gasteiger partial charge in [0.15, 0.2) is 5.96 Å². The first-order chi connectivity index (χ1) is 13.5. The number of aryl methyl sites for hydroxylation is 2. The Hall–Kier alpha value is -2.10. The number of para-hydroxylation sites is 1. The highest BCUT2D eigenvalue weighted by atomic mass is 127. The van der Waals surface area contributed by atoms with Crippen LogP contribution in [0.15, 0.2) is 35.3 Å². The van der Waals surface area contributed by atoms with Crippen molar-refractivity contribution in [3.63, 3.8) is 0 Å². The monoisotopic (exact) mass is 510 g/mol. The first-order valence-corrected chi connectivity index (χ1v) is 9.88. The maximum Gasteiger partial charge on any atom is 0.222 e. The van der Waals surface area contributed by atoms with Gasteiger partial charge in [-0.3, -0.25) is 9.79 Å². The number of hydrogen-bond acceptors (Lipinski definition) is 3. The summed E-state index contributed by atoms with van der Waals surface area (Å²) in [5, 5.41) is 11.5. The van der Waals surface area contributed by atoms with Crippen LogP contribution >= 0.6 is 24.0 Å². The van der Waals surface area contributed by atoms with Crippen molar-refractivity contribution in [1.29, 1.82) is 0 Å². The van der Waals surface area contributed by atoms with Crippen molar-refractivity contribution in [3.8, 4) is 5.69 Å². The lowest BCUT2D eigenvalue weighted by atomic mass is 10.1. The number of halogens is 1. The highest BCUT2D eigenvalue weighted by Gasteiger charge is 2.25. The van der Waals surface area contributed by atoms with Crippen molar-refractivity contribution in [2.45, 2.75) is 46.2 Å². The van der Waals surface area contributed by atoms with Gasteiger partial charge in [0.2, 0.25) is 5.91 Å². The fraction of sp³-hybridized carbons (Fsp3) is 0.476. The summed E-state index contributed by atoms with van der Waals surface area (Å²) >= 11 is 0. The Morgan fingerprint density at radius 1 is 1.31 bits per heavy atom. The molecule has 29 heavy (non-hydrogen) atoms. The second-order valence-corrected chi connectivity index (χ2v) is 7.22. The van der Waals surface area contributed by atoms with Crippen LogP contribution in [0.5, 0.6) is 0 Å². The topological polar surface area (TPSA) is 74.6 Å². The Balaban J connectivity index is 0.00000300. The molecule has 1 amide bonds. The molecular formula is C21H31IN6O. The van der Waals surface area contributed by atoms with E-state index in [4.69, 9.17) is 0 Å². The average Bonchev–Trinajstić information content (AvgIpc) is 3.30. The Kier molecular flexibility index (Phi) is 8.48. The predicted molar refractivity (Wildman–Crippen MR) is 127 cm³/mol. The first kappa shape index (κ1) is 23.2. The molecule has 1 fully saturated rings. The SMILES string of the molecule is CCC(=O)N1CCC(NC(=NC)NCc2ccccc2-n2nc(C)cc2C)C1.I. The van der Waals surface area contributed by atoms with Crippen LogP contribution in [0.25, 0.3) is 5.69 Å².